The molecule has 0 amide bonds. The van der Waals surface area contributed by atoms with Gasteiger partial charge in [0.1, 0.15) is 0 Å². The first kappa shape index (κ1) is 14.1. The summed E-state index contributed by atoms with van der Waals surface area (Å²) in [5, 5.41) is 13.3. The van der Waals surface area contributed by atoms with Gasteiger partial charge in [0.2, 0.25) is 0 Å². The lowest BCUT2D eigenvalue weighted by Gasteiger charge is -2.30. The molecule has 2 rings (SSSR count). The molecule has 1 heterocycles. The summed E-state index contributed by atoms with van der Waals surface area (Å²) >= 11 is 0. The van der Waals surface area contributed by atoms with Crippen LogP contribution in [0.3, 0.4) is 0 Å². The molecule has 1 unspecified atom stereocenters. The molecule has 0 radical (unpaired) electrons. The van der Waals surface area contributed by atoms with Crippen molar-refractivity contribution in [3.05, 3.63) is 23.8 Å². The summed E-state index contributed by atoms with van der Waals surface area (Å²) in [5.41, 5.74) is 0.837. The van der Waals surface area contributed by atoms with Gasteiger partial charge in [-0.15, -0.1) is 0 Å². The van der Waals surface area contributed by atoms with Gasteiger partial charge in [-0.1, -0.05) is 12.1 Å². The third kappa shape index (κ3) is 3.83. The molecule has 1 aromatic carbocycles. The second-order valence-corrected chi connectivity index (χ2v) is 4.85. The van der Waals surface area contributed by atoms with Gasteiger partial charge in [0, 0.05) is 31.7 Å². The van der Waals surface area contributed by atoms with Gasteiger partial charge < -0.3 is 24.8 Å². The van der Waals surface area contributed by atoms with Crippen LogP contribution in [0.4, 0.5) is 0 Å². The maximum absolute atomic E-state index is 9.96. The topological polar surface area (TPSA) is 54.0 Å². The average molecular weight is 266 g/mol. The third-order valence-corrected chi connectivity index (χ3v) is 3.33. The van der Waals surface area contributed by atoms with Crippen molar-refractivity contribution in [3.8, 4) is 11.5 Å². The lowest BCUT2D eigenvalue weighted by molar-refractivity contribution is -0.0182. The van der Waals surface area contributed by atoms with Crippen LogP contribution in [0.5, 0.6) is 11.5 Å². The number of para-hydroxylation sites is 1. The molecule has 2 N–H and O–H groups in total. The van der Waals surface area contributed by atoms with Gasteiger partial charge in [-0.3, -0.25) is 0 Å². The minimum absolute atomic E-state index is 0.208. The predicted octanol–water partition coefficient (Wildman–Crippen LogP) is 0.821. The van der Waals surface area contributed by atoms with Gasteiger partial charge in [0.15, 0.2) is 11.5 Å². The van der Waals surface area contributed by atoms with E-state index in [0.29, 0.717) is 12.3 Å². The average Bonchev–Trinajstić information content (AvgIpc) is 2.41. The van der Waals surface area contributed by atoms with Crippen molar-refractivity contribution in [2.75, 3.05) is 40.4 Å². The van der Waals surface area contributed by atoms with Crippen LogP contribution in [0.15, 0.2) is 18.2 Å². The lowest BCUT2D eigenvalue weighted by atomic mass is 10.2. The van der Waals surface area contributed by atoms with E-state index >= 15 is 0 Å². The Bertz CT molecular complexity index is 412. The Hall–Kier alpha value is -1.30. The fourth-order valence-electron chi connectivity index (χ4n) is 2.23. The van der Waals surface area contributed by atoms with E-state index in [1.807, 2.05) is 12.1 Å². The van der Waals surface area contributed by atoms with E-state index in [0.717, 1.165) is 31.8 Å². The van der Waals surface area contributed by atoms with Crippen molar-refractivity contribution in [2.45, 2.75) is 12.6 Å². The number of hydrogen-bond acceptors (Lipinski definition) is 5. The molecule has 0 bridgehead atoms. The van der Waals surface area contributed by atoms with Crippen LogP contribution < -0.4 is 10.1 Å². The Morgan fingerprint density at radius 3 is 3.11 bits per heavy atom. The highest BCUT2D eigenvalue weighted by Gasteiger charge is 2.17. The van der Waals surface area contributed by atoms with E-state index in [1.54, 1.807) is 13.2 Å². The maximum Gasteiger partial charge on any atom is 0.162 e. The second-order valence-electron chi connectivity index (χ2n) is 4.85. The molecule has 106 valence electrons. The number of rotatable bonds is 5. The minimum atomic E-state index is 0.208. The number of nitrogens with zero attached hydrogens (tertiary/aromatic N) is 1. The zero-order valence-corrected chi connectivity index (χ0v) is 11.6. The number of benzene rings is 1. The van der Waals surface area contributed by atoms with Gasteiger partial charge in [-0.2, -0.15) is 0 Å². The molecule has 19 heavy (non-hydrogen) atoms. The van der Waals surface area contributed by atoms with Crippen molar-refractivity contribution in [3.63, 3.8) is 0 Å². The number of ether oxygens (including phenoxy) is 2. The highest BCUT2D eigenvalue weighted by molar-refractivity contribution is 5.45. The molecule has 0 aliphatic carbocycles. The molecule has 0 saturated carbocycles. The van der Waals surface area contributed by atoms with Crippen molar-refractivity contribution in [1.29, 1.82) is 0 Å². The van der Waals surface area contributed by atoms with Crippen LogP contribution in [0.1, 0.15) is 5.56 Å². The summed E-state index contributed by atoms with van der Waals surface area (Å²) in [6, 6.07) is 5.51. The Labute approximate surface area is 114 Å². The number of hydrogen-bond donors (Lipinski definition) is 2. The first-order valence-electron chi connectivity index (χ1n) is 6.56. The van der Waals surface area contributed by atoms with Gasteiger partial charge in [-0.05, 0) is 13.1 Å². The molecule has 5 nitrogen and oxygen atoms in total. The predicted molar refractivity (Wildman–Crippen MR) is 73.6 cm³/mol. The smallest absolute Gasteiger partial charge is 0.162 e. The Morgan fingerprint density at radius 1 is 1.53 bits per heavy atom. The first-order valence-corrected chi connectivity index (χ1v) is 6.56. The van der Waals surface area contributed by atoms with E-state index in [2.05, 4.69) is 17.3 Å². The van der Waals surface area contributed by atoms with Crippen LogP contribution in [0, 0.1) is 0 Å². The molecule has 1 aliphatic heterocycles. The molecule has 1 saturated heterocycles. The molecule has 5 heteroatoms. The van der Waals surface area contributed by atoms with E-state index in [9.17, 15) is 5.11 Å². The molecular weight excluding hydrogens is 244 g/mol. The summed E-state index contributed by atoms with van der Waals surface area (Å²) in [7, 11) is 3.65. The monoisotopic (exact) mass is 266 g/mol. The zero-order chi connectivity index (χ0) is 13.7. The fraction of sp³-hybridized carbons (Fsp3) is 0.571. The van der Waals surface area contributed by atoms with Crippen LogP contribution in [-0.2, 0) is 11.3 Å². The lowest BCUT2D eigenvalue weighted by Crippen LogP contribution is -2.44. The molecule has 0 aromatic heterocycles. The number of methoxy groups -OCH3 is 1. The van der Waals surface area contributed by atoms with Crippen LogP contribution in [0.25, 0.3) is 0 Å². The molecule has 1 atom stereocenters. The van der Waals surface area contributed by atoms with Gasteiger partial charge in [0.05, 0.1) is 19.8 Å². The highest BCUT2D eigenvalue weighted by atomic mass is 16.5. The molecule has 1 aromatic rings. The fourth-order valence-corrected chi connectivity index (χ4v) is 2.23. The quantitative estimate of drug-likeness (QED) is 0.826. The summed E-state index contributed by atoms with van der Waals surface area (Å²) in [4.78, 5) is 2.26. The van der Waals surface area contributed by atoms with Gasteiger partial charge >= 0.3 is 0 Å². The normalized spacial score (nSPS) is 20.4. The highest BCUT2D eigenvalue weighted by Crippen LogP contribution is 2.29. The van der Waals surface area contributed by atoms with Crippen molar-refractivity contribution < 1.29 is 14.6 Å². The van der Waals surface area contributed by atoms with Crippen LogP contribution >= 0.6 is 0 Å². The Kier molecular flexibility index (Phi) is 5.01. The second kappa shape index (κ2) is 6.75. The van der Waals surface area contributed by atoms with E-state index < -0.39 is 0 Å². The van der Waals surface area contributed by atoms with Crippen molar-refractivity contribution >= 4 is 0 Å². The van der Waals surface area contributed by atoms with Crippen LogP contribution in [0.2, 0.25) is 0 Å². The van der Waals surface area contributed by atoms with Gasteiger partial charge in [-0.25, -0.2) is 0 Å². The summed E-state index contributed by atoms with van der Waals surface area (Å²) in [5.74, 6) is 0.715. The Morgan fingerprint density at radius 2 is 2.37 bits per heavy atom. The number of phenolic OH excluding ortho intramolecular Hbond substituents is 1. The first-order chi connectivity index (χ1) is 9.20. The standard InChI is InChI=1S/C14H22N2O3/c1-16-6-7-19-12(10-16)9-15-8-11-4-3-5-13(18-2)14(11)17/h3-5,12,15,17H,6-10H2,1-2H3. The number of likely N-dealkylation sites (N-methyl/N-ethyl adjacent to an activating group) is 1. The maximum atomic E-state index is 9.96. The number of aromatic hydroxyl groups is 1. The third-order valence-electron chi connectivity index (χ3n) is 3.33. The van der Waals surface area contributed by atoms with Crippen molar-refractivity contribution in [2.24, 2.45) is 0 Å². The van der Waals surface area contributed by atoms with Crippen LogP contribution in [-0.4, -0.2) is 56.5 Å². The number of nitrogens with one attached hydrogen (secondary N) is 1. The summed E-state index contributed by atoms with van der Waals surface area (Å²) < 4.78 is 10.8. The Balaban J connectivity index is 1.82. The number of phenols is 1. The minimum Gasteiger partial charge on any atom is -0.504 e. The van der Waals surface area contributed by atoms with E-state index in [4.69, 9.17) is 9.47 Å². The van der Waals surface area contributed by atoms with Gasteiger partial charge in [0.25, 0.3) is 0 Å². The van der Waals surface area contributed by atoms with E-state index in [-0.39, 0.29) is 11.9 Å². The largest absolute Gasteiger partial charge is 0.504 e. The van der Waals surface area contributed by atoms with Crippen molar-refractivity contribution in [1.82, 2.24) is 10.2 Å². The number of morpholine rings is 1. The SMILES string of the molecule is COc1cccc(CNCC2CN(C)CCO2)c1O. The molecular formula is C14H22N2O3. The summed E-state index contributed by atoms with van der Waals surface area (Å²) in [6.45, 7) is 4.10. The summed E-state index contributed by atoms with van der Waals surface area (Å²) in [6.07, 6.45) is 0.214. The molecule has 1 fully saturated rings. The molecule has 0 spiro atoms. The van der Waals surface area contributed by atoms with E-state index in [1.165, 1.54) is 0 Å². The molecule has 1 aliphatic rings. The zero-order valence-electron chi connectivity index (χ0n) is 11.6.